The summed E-state index contributed by atoms with van der Waals surface area (Å²) in [5.74, 6) is 0. The van der Waals surface area contributed by atoms with Gasteiger partial charge in [-0.25, -0.2) is 8.42 Å². The fourth-order valence-electron chi connectivity index (χ4n) is 1.76. The highest BCUT2D eigenvalue weighted by Gasteiger charge is 2.22. The van der Waals surface area contributed by atoms with Gasteiger partial charge in [-0.15, -0.1) is 19.7 Å². The van der Waals surface area contributed by atoms with Crippen molar-refractivity contribution in [2.45, 2.75) is 4.90 Å². The van der Waals surface area contributed by atoms with Gasteiger partial charge in [0.1, 0.15) is 0 Å². The lowest BCUT2D eigenvalue weighted by Gasteiger charge is -2.19. The van der Waals surface area contributed by atoms with Crippen molar-refractivity contribution in [3.8, 4) is 0 Å². The van der Waals surface area contributed by atoms with Gasteiger partial charge in [-0.05, 0) is 36.5 Å². The van der Waals surface area contributed by atoms with Crippen molar-refractivity contribution in [3.63, 3.8) is 0 Å². The second kappa shape index (κ2) is 9.24. The quantitative estimate of drug-likeness (QED) is 0.529. The van der Waals surface area contributed by atoms with Gasteiger partial charge in [0.25, 0.3) is 0 Å². The average Bonchev–Trinajstić information content (AvgIpc) is 2.53. The van der Waals surface area contributed by atoms with Gasteiger partial charge in [0, 0.05) is 25.3 Å². The molecule has 0 saturated carbocycles. The molecule has 0 amide bonds. The van der Waals surface area contributed by atoms with E-state index in [2.05, 4.69) is 30.4 Å². The summed E-state index contributed by atoms with van der Waals surface area (Å²) in [6.45, 7) is 11.8. The van der Waals surface area contributed by atoms with Crippen LogP contribution in [0.15, 0.2) is 67.1 Å². The molecule has 0 spiro atoms. The first-order valence-electron chi connectivity index (χ1n) is 6.93. The molecule has 0 aliphatic carbocycles. The minimum atomic E-state index is -3.58. The largest absolute Gasteiger partial charge is 0.359 e. The number of hydrogen-bond donors (Lipinski definition) is 2. The second-order valence-electron chi connectivity index (χ2n) is 4.55. The normalized spacial score (nSPS) is 10.8. The molecule has 0 atom stereocenters. The first kappa shape index (κ1) is 19.1. The zero-order valence-electron chi connectivity index (χ0n) is 12.9. The van der Waals surface area contributed by atoms with Crippen molar-refractivity contribution >= 4 is 33.0 Å². The molecule has 0 fully saturated rings. The number of nitrogens with zero attached hydrogens (tertiary/aromatic N) is 1. The number of sulfonamides is 1. The second-order valence-corrected chi connectivity index (χ2v) is 6.89. The summed E-state index contributed by atoms with van der Waals surface area (Å²) in [6.07, 6.45) is 4.78. The lowest BCUT2D eigenvalue weighted by molar-refractivity contribution is 0.474. The van der Waals surface area contributed by atoms with Crippen molar-refractivity contribution in [2.75, 3.05) is 25.0 Å². The number of thiocarbonyl (C=S) groups is 1. The zero-order chi connectivity index (χ0) is 17.3. The van der Waals surface area contributed by atoms with Crippen molar-refractivity contribution in [3.05, 3.63) is 62.2 Å². The molecule has 0 unspecified atom stereocenters. The number of benzene rings is 1. The third-order valence-electron chi connectivity index (χ3n) is 2.82. The summed E-state index contributed by atoms with van der Waals surface area (Å²) >= 11 is 5.10. The summed E-state index contributed by atoms with van der Waals surface area (Å²) in [5, 5.41) is 6.34. The summed E-state index contributed by atoms with van der Waals surface area (Å²) in [6, 6.07) is 6.39. The summed E-state index contributed by atoms with van der Waals surface area (Å²) in [4.78, 5) is 0.205. The topological polar surface area (TPSA) is 61.4 Å². The minimum Gasteiger partial charge on any atom is -0.359 e. The van der Waals surface area contributed by atoms with Gasteiger partial charge in [-0.2, -0.15) is 4.31 Å². The van der Waals surface area contributed by atoms with Crippen LogP contribution in [0.2, 0.25) is 0 Å². The number of anilines is 1. The molecule has 0 bridgehead atoms. The van der Waals surface area contributed by atoms with E-state index in [-0.39, 0.29) is 18.0 Å². The fourth-order valence-corrected chi connectivity index (χ4v) is 3.34. The van der Waals surface area contributed by atoms with Crippen LogP contribution in [-0.4, -0.2) is 37.5 Å². The molecule has 1 rings (SSSR count). The van der Waals surface area contributed by atoms with Crippen molar-refractivity contribution < 1.29 is 8.42 Å². The minimum absolute atomic E-state index is 0.205. The Morgan fingerprint density at radius 3 is 2.13 bits per heavy atom. The molecular weight excluding hydrogens is 330 g/mol. The molecule has 124 valence electrons. The van der Waals surface area contributed by atoms with Crippen LogP contribution in [0, 0.1) is 0 Å². The van der Waals surface area contributed by atoms with Crippen LogP contribution >= 0.6 is 12.2 Å². The number of hydrogen-bond acceptors (Lipinski definition) is 3. The molecule has 1 aromatic carbocycles. The molecule has 0 radical (unpaired) electrons. The van der Waals surface area contributed by atoms with Gasteiger partial charge >= 0.3 is 0 Å². The van der Waals surface area contributed by atoms with Crippen LogP contribution in [0.5, 0.6) is 0 Å². The van der Waals surface area contributed by atoms with Crippen LogP contribution in [0.1, 0.15) is 0 Å². The first-order valence-corrected chi connectivity index (χ1v) is 8.78. The Morgan fingerprint density at radius 1 is 1.09 bits per heavy atom. The lowest BCUT2D eigenvalue weighted by atomic mass is 10.3. The third-order valence-corrected chi connectivity index (χ3v) is 4.91. The van der Waals surface area contributed by atoms with Crippen LogP contribution in [-0.2, 0) is 10.0 Å². The van der Waals surface area contributed by atoms with Crippen LogP contribution in [0.3, 0.4) is 0 Å². The first-order chi connectivity index (χ1) is 11.0. The van der Waals surface area contributed by atoms with E-state index in [0.717, 1.165) is 0 Å². The standard InChI is InChI=1S/C16H21N3O2S2/c1-4-11-17-16(22)18-14-7-9-15(10-8-14)23(20,21)19(12-5-2)13-6-3/h4-10H,1-3,11-13H2,(H2,17,18,22). The monoisotopic (exact) mass is 351 g/mol. The Bertz CT molecular complexity index is 657. The van der Waals surface area contributed by atoms with E-state index in [9.17, 15) is 8.42 Å². The SMILES string of the molecule is C=CCNC(=S)Nc1ccc(S(=O)(=O)N(CC=C)CC=C)cc1. The Hall–Kier alpha value is -1.96. The molecular formula is C16H21N3O2S2. The third kappa shape index (κ3) is 5.63. The summed E-state index contributed by atoms with van der Waals surface area (Å²) < 4.78 is 26.4. The van der Waals surface area contributed by atoms with E-state index in [4.69, 9.17) is 12.2 Å². The van der Waals surface area contributed by atoms with E-state index in [1.54, 1.807) is 30.4 Å². The Labute approximate surface area is 143 Å². The Morgan fingerprint density at radius 2 is 1.65 bits per heavy atom. The lowest BCUT2D eigenvalue weighted by Crippen LogP contribution is -2.31. The maximum absolute atomic E-state index is 12.5. The summed E-state index contributed by atoms with van der Waals surface area (Å²) in [7, 11) is -3.58. The highest BCUT2D eigenvalue weighted by molar-refractivity contribution is 7.89. The van der Waals surface area contributed by atoms with Crippen LogP contribution in [0.4, 0.5) is 5.69 Å². The van der Waals surface area contributed by atoms with E-state index in [1.807, 2.05) is 0 Å². The highest BCUT2D eigenvalue weighted by Crippen LogP contribution is 2.18. The predicted octanol–water partition coefficient (Wildman–Crippen LogP) is 2.52. The van der Waals surface area contributed by atoms with Gasteiger partial charge < -0.3 is 10.6 Å². The molecule has 1 aromatic rings. The van der Waals surface area contributed by atoms with E-state index >= 15 is 0 Å². The molecule has 23 heavy (non-hydrogen) atoms. The van der Waals surface area contributed by atoms with E-state index < -0.39 is 10.0 Å². The molecule has 0 aliphatic rings. The van der Waals surface area contributed by atoms with Crippen molar-refractivity contribution in [1.29, 1.82) is 0 Å². The maximum atomic E-state index is 12.5. The summed E-state index contributed by atoms with van der Waals surface area (Å²) in [5.41, 5.74) is 0.699. The van der Waals surface area contributed by atoms with Gasteiger partial charge in [0.2, 0.25) is 10.0 Å². The van der Waals surface area contributed by atoms with E-state index in [0.29, 0.717) is 17.3 Å². The van der Waals surface area contributed by atoms with Gasteiger partial charge in [0.15, 0.2) is 5.11 Å². The van der Waals surface area contributed by atoms with Crippen LogP contribution < -0.4 is 10.6 Å². The van der Waals surface area contributed by atoms with Gasteiger partial charge in [-0.3, -0.25) is 0 Å². The molecule has 0 aliphatic heterocycles. The molecule has 0 heterocycles. The molecule has 5 nitrogen and oxygen atoms in total. The van der Waals surface area contributed by atoms with Crippen molar-refractivity contribution in [2.24, 2.45) is 0 Å². The molecule has 2 N–H and O–H groups in total. The zero-order valence-corrected chi connectivity index (χ0v) is 14.5. The molecule has 0 aromatic heterocycles. The Kier molecular flexibility index (Phi) is 7.67. The highest BCUT2D eigenvalue weighted by atomic mass is 32.2. The van der Waals surface area contributed by atoms with Crippen molar-refractivity contribution in [1.82, 2.24) is 9.62 Å². The molecule has 7 heteroatoms. The van der Waals surface area contributed by atoms with Gasteiger partial charge in [-0.1, -0.05) is 18.2 Å². The average molecular weight is 351 g/mol. The fraction of sp³-hybridized carbons (Fsp3) is 0.188. The number of rotatable bonds is 9. The van der Waals surface area contributed by atoms with E-state index in [1.165, 1.54) is 16.4 Å². The van der Waals surface area contributed by atoms with Gasteiger partial charge in [0.05, 0.1) is 4.90 Å². The molecule has 0 saturated heterocycles. The Balaban J connectivity index is 2.89. The maximum Gasteiger partial charge on any atom is 0.243 e. The van der Waals surface area contributed by atoms with Crippen LogP contribution in [0.25, 0.3) is 0 Å². The smallest absolute Gasteiger partial charge is 0.243 e. The number of nitrogens with one attached hydrogen (secondary N) is 2. The predicted molar refractivity (Wildman–Crippen MR) is 100 cm³/mol.